The summed E-state index contributed by atoms with van der Waals surface area (Å²) in [6.07, 6.45) is 2.91. The van der Waals surface area contributed by atoms with Gasteiger partial charge in [0.25, 0.3) is 0 Å². The van der Waals surface area contributed by atoms with E-state index in [1.54, 1.807) is 6.20 Å². The van der Waals surface area contributed by atoms with Gasteiger partial charge in [0.05, 0.1) is 6.20 Å². The van der Waals surface area contributed by atoms with Crippen LogP contribution in [0.25, 0.3) is 0 Å². The summed E-state index contributed by atoms with van der Waals surface area (Å²) < 4.78 is 0. The van der Waals surface area contributed by atoms with Crippen LogP contribution in [0.3, 0.4) is 0 Å². The lowest BCUT2D eigenvalue weighted by molar-refractivity contribution is 0.713. The zero-order valence-corrected chi connectivity index (χ0v) is 6.39. The Morgan fingerprint density at radius 3 is 2.90 bits per heavy atom. The summed E-state index contributed by atoms with van der Waals surface area (Å²) in [7, 11) is 0. The quantitative estimate of drug-likeness (QED) is 0.652. The third-order valence-corrected chi connectivity index (χ3v) is 1.76. The molecule has 56 valence electrons. The summed E-state index contributed by atoms with van der Waals surface area (Å²) in [5, 5.41) is 0. The Balaban J connectivity index is 2.74. The minimum Gasteiger partial charge on any atom is -0.369 e. The molecule has 1 aromatic rings. The van der Waals surface area contributed by atoms with Crippen LogP contribution in [0.15, 0.2) is 6.20 Å². The van der Waals surface area contributed by atoms with E-state index < -0.39 is 0 Å². The summed E-state index contributed by atoms with van der Waals surface area (Å²) in [5.41, 5.74) is 6.53. The number of imidazole rings is 1. The topological polar surface area (TPSA) is 54.7 Å². The molecule has 0 spiro atoms. The first kappa shape index (κ1) is 7.12. The second-order valence-electron chi connectivity index (χ2n) is 2.53. The van der Waals surface area contributed by atoms with Crippen LogP contribution in [0.1, 0.15) is 31.9 Å². The van der Waals surface area contributed by atoms with Crippen molar-refractivity contribution in [2.45, 2.75) is 26.2 Å². The molecule has 1 rings (SSSR count). The fourth-order valence-electron chi connectivity index (χ4n) is 0.822. The van der Waals surface area contributed by atoms with Crippen LogP contribution < -0.4 is 5.73 Å². The van der Waals surface area contributed by atoms with Crippen LogP contribution >= 0.6 is 0 Å². The largest absolute Gasteiger partial charge is 0.369 e. The Morgan fingerprint density at radius 1 is 1.80 bits per heavy atom. The van der Waals surface area contributed by atoms with Gasteiger partial charge in [-0.15, -0.1) is 0 Å². The summed E-state index contributed by atoms with van der Waals surface area (Å²) in [4.78, 5) is 6.90. The van der Waals surface area contributed by atoms with E-state index in [1.807, 2.05) is 0 Å². The number of hydrogen-bond acceptors (Lipinski definition) is 2. The molecule has 1 aromatic heterocycles. The third kappa shape index (κ3) is 1.29. The lowest BCUT2D eigenvalue weighted by atomic mass is 10.1. The molecule has 0 aliphatic heterocycles. The third-order valence-electron chi connectivity index (χ3n) is 1.76. The molecule has 0 bridgehead atoms. The maximum atomic E-state index is 5.40. The zero-order chi connectivity index (χ0) is 7.56. The number of nitrogens with two attached hydrogens (primary N) is 1. The van der Waals surface area contributed by atoms with Gasteiger partial charge in [-0.1, -0.05) is 13.8 Å². The number of anilines is 1. The lowest BCUT2D eigenvalue weighted by Gasteiger charge is -2.02. The van der Waals surface area contributed by atoms with Crippen molar-refractivity contribution in [1.82, 2.24) is 9.97 Å². The predicted octanol–water partition coefficient (Wildman–Crippen LogP) is 1.51. The van der Waals surface area contributed by atoms with E-state index in [0.717, 1.165) is 12.1 Å². The molecule has 0 radical (unpaired) electrons. The maximum Gasteiger partial charge on any atom is 0.197 e. The Bertz CT molecular complexity index is 204. The lowest BCUT2D eigenvalue weighted by Crippen LogP contribution is -1.92. The Kier molecular flexibility index (Phi) is 1.94. The number of nitrogen functional groups attached to an aromatic ring is 1. The van der Waals surface area contributed by atoms with Gasteiger partial charge >= 0.3 is 0 Å². The van der Waals surface area contributed by atoms with E-state index in [2.05, 4.69) is 23.8 Å². The fraction of sp³-hybridized carbons (Fsp3) is 0.571. The van der Waals surface area contributed by atoms with Crippen LogP contribution in [-0.2, 0) is 0 Å². The molecule has 1 unspecified atom stereocenters. The van der Waals surface area contributed by atoms with E-state index >= 15 is 0 Å². The van der Waals surface area contributed by atoms with Crippen LogP contribution in [-0.4, -0.2) is 9.97 Å². The van der Waals surface area contributed by atoms with Crippen LogP contribution in [0.4, 0.5) is 5.95 Å². The average molecular weight is 139 g/mol. The molecule has 1 atom stereocenters. The molecule has 0 saturated heterocycles. The number of hydrogen-bond donors (Lipinski definition) is 2. The van der Waals surface area contributed by atoms with Gasteiger partial charge in [0.2, 0.25) is 0 Å². The zero-order valence-electron chi connectivity index (χ0n) is 6.39. The molecule has 0 aliphatic rings. The highest BCUT2D eigenvalue weighted by molar-refractivity contribution is 5.20. The van der Waals surface area contributed by atoms with Gasteiger partial charge in [0.1, 0.15) is 0 Å². The van der Waals surface area contributed by atoms with Gasteiger partial charge in [0, 0.05) is 5.69 Å². The minimum absolute atomic E-state index is 0.510. The van der Waals surface area contributed by atoms with E-state index in [0.29, 0.717) is 11.9 Å². The van der Waals surface area contributed by atoms with Gasteiger partial charge in [-0.25, -0.2) is 4.98 Å². The van der Waals surface area contributed by atoms with Gasteiger partial charge in [-0.3, -0.25) is 0 Å². The molecular weight excluding hydrogens is 126 g/mol. The molecule has 0 aliphatic carbocycles. The number of rotatable bonds is 2. The SMILES string of the molecule is CCC(C)c1cnc(N)[nH]1. The Hall–Kier alpha value is -0.990. The predicted molar refractivity (Wildman–Crippen MR) is 41.7 cm³/mol. The van der Waals surface area contributed by atoms with Crippen LogP contribution in [0.5, 0.6) is 0 Å². The molecule has 0 amide bonds. The molecule has 1 heterocycles. The van der Waals surface area contributed by atoms with Crippen molar-refractivity contribution in [3.8, 4) is 0 Å². The summed E-state index contributed by atoms with van der Waals surface area (Å²) in [5.74, 6) is 1.04. The van der Waals surface area contributed by atoms with Crippen molar-refractivity contribution in [2.75, 3.05) is 5.73 Å². The molecule has 0 aromatic carbocycles. The molecule has 0 saturated carbocycles. The summed E-state index contributed by atoms with van der Waals surface area (Å²) in [6.45, 7) is 4.29. The highest BCUT2D eigenvalue weighted by Gasteiger charge is 2.03. The molecule has 10 heavy (non-hydrogen) atoms. The number of aromatic amines is 1. The number of aromatic nitrogens is 2. The van der Waals surface area contributed by atoms with Crippen molar-refractivity contribution < 1.29 is 0 Å². The standard InChI is InChI=1S/C7H13N3/c1-3-5(2)6-4-9-7(8)10-6/h4-5H,3H2,1-2H3,(H3,8,9,10). The molecule has 0 fully saturated rings. The van der Waals surface area contributed by atoms with Crippen LogP contribution in [0, 0.1) is 0 Å². The van der Waals surface area contributed by atoms with Gasteiger partial charge in [0.15, 0.2) is 5.95 Å². The van der Waals surface area contributed by atoms with Crippen molar-refractivity contribution in [2.24, 2.45) is 0 Å². The monoisotopic (exact) mass is 139 g/mol. The first-order valence-corrected chi connectivity index (χ1v) is 3.54. The summed E-state index contributed by atoms with van der Waals surface area (Å²) >= 11 is 0. The van der Waals surface area contributed by atoms with E-state index in [9.17, 15) is 0 Å². The van der Waals surface area contributed by atoms with Gasteiger partial charge in [-0.2, -0.15) is 0 Å². The first-order valence-electron chi connectivity index (χ1n) is 3.54. The molecule has 3 heteroatoms. The number of nitrogens with zero attached hydrogens (tertiary/aromatic N) is 1. The van der Waals surface area contributed by atoms with Crippen molar-refractivity contribution in [3.63, 3.8) is 0 Å². The number of nitrogens with one attached hydrogen (secondary N) is 1. The maximum absolute atomic E-state index is 5.40. The van der Waals surface area contributed by atoms with E-state index in [4.69, 9.17) is 5.73 Å². The molecular formula is C7H13N3. The molecule has 3 nitrogen and oxygen atoms in total. The Morgan fingerprint density at radius 2 is 2.50 bits per heavy atom. The van der Waals surface area contributed by atoms with Crippen molar-refractivity contribution in [1.29, 1.82) is 0 Å². The normalized spacial score (nSPS) is 13.4. The number of H-pyrrole nitrogens is 1. The van der Waals surface area contributed by atoms with Gasteiger partial charge in [-0.05, 0) is 12.3 Å². The highest BCUT2D eigenvalue weighted by atomic mass is 15.0. The van der Waals surface area contributed by atoms with E-state index in [-0.39, 0.29) is 0 Å². The van der Waals surface area contributed by atoms with Crippen molar-refractivity contribution in [3.05, 3.63) is 11.9 Å². The van der Waals surface area contributed by atoms with Crippen LogP contribution in [0.2, 0.25) is 0 Å². The van der Waals surface area contributed by atoms with E-state index in [1.165, 1.54) is 0 Å². The summed E-state index contributed by atoms with van der Waals surface area (Å²) in [6, 6.07) is 0. The second-order valence-corrected chi connectivity index (χ2v) is 2.53. The second kappa shape index (κ2) is 2.73. The first-order chi connectivity index (χ1) is 4.74. The fourth-order valence-corrected chi connectivity index (χ4v) is 0.822. The average Bonchev–Trinajstić information content (AvgIpc) is 2.34. The smallest absolute Gasteiger partial charge is 0.197 e. The molecule has 3 N–H and O–H groups in total. The Labute approximate surface area is 60.7 Å². The highest BCUT2D eigenvalue weighted by Crippen LogP contribution is 2.15. The minimum atomic E-state index is 0.510. The van der Waals surface area contributed by atoms with Gasteiger partial charge < -0.3 is 10.7 Å². The van der Waals surface area contributed by atoms with Crippen molar-refractivity contribution >= 4 is 5.95 Å².